The molecule has 0 unspecified atom stereocenters. The van der Waals surface area contributed by atoms with Gasteiger partial charge in [0.25, 0.3) is 0 Å². The fourth-order valence-corrected chi connectivity index (χ4v) is 0. The summed E-state index contributed by atoms with van der Waals surface area (Å²) in [6, 6.07) is 0. The van der Waals surface area contributed by atoms with Crippen LogP contribution in [0, 0.1) is 0 Å². The first-order chi connectivity index (χ1) is 5.21. The number of carboxylic acids is 2. The molecule has 0 radical (unpaired) electrons. The Bertz CT molecular complexity index is 168. The molecule has 0 aliphatic carbocycles. The molecule has 13 heavy (non-hydrogen) atoms. The summed E-state index contributed by atoms with van der Waals surface area (Å²) in [5.41, 5.74) is 0. The molecule has 0 heterocycles. The molecular weight excluding hydrogens is 455 g/mol. The molecule has 0 aromatic carbocycles. The first kappa shape index (κ1) is 20.3. The van der Waals surface area contributed by atoms with Crippen LogP contribution in [0.1, 0.15) is 0 Å². The number of alkyl halides is 4. The summed E-state index contributed by atoms with van der Waals surface area (Å²) < 4.78 is -1.15. The molecular formula is C4H3Br4NaO4. The van der Waals surface area contributed by atoms with E-state index in [1.54, 1.807) is 0 Å². The zero-order chi connectivity index (χ0) is 10.4. The van der Waals surface area contributed by atoms with E-state index in [9.17, 15) is 14.7 Å². The summed E-state index contributed by atoms with van der Waals surface area (Å²) >= 11 is 11.0. The first-order valence-electron chi connectivity index (χ1n) is 2.27. The van der Waals surface area contributed by atoms with Gasteiger partial charge in [-0.2, -0.15) is 0 Å². The average molecular weight is 458 g/mol. The molecule has 0 aliphatic heterocycles. The van der Waals surface area contributed by atoms with Crippen molar-refractivity contribution in [3.05, 3.63) is 0 Å². The summed E-state index contributed by atoms with van der Waals surface area (Å²) in [7, 11) is 0. The Morgan fingerprint density at radius 3 is 1.46 bits per heavy atom. The molecule has 0 atom stereocenters. The first-order valence-corrected chi connectivity index (χ1v) is 5.77. The Morgan fingerprint density at radius 2 is 1.46 bits per heavy atom. The summed E-state index contributed by atoms with van der Waals surface area (Å²) in [5, 5.41) is 17.2. The van der Waals surface area contributed by atoms with Gasteiger partial charge < -0.3 is 15.0 Å². The predicted octanol–water partition coefficient (Wildman–Crippen LogP) is -1.96. The third-order valence-corrected chi connectivity index (χ3v) is 1.83. The third kappa shape index (κ3) is 20.1. The van der Waals surface area contributed by atoms with Crippen LogP contribution in [-0.4, -0.2) is 24.5 Å². The van der Waals surface area contributed by atoms with Crippen LogP contribution in [0.5, 0.6) is 0 Å². The molecule has 0 aliphatic rings. The molecule has 9 heteroatoms. The Balaban J connectivity index is -0.000000150. The standard InChI is InChI=1S/C2HBr3O2.C2H3BrO2.Na/c3-2(4,5)1(6)7;3-1-2(4)5;/h(H,6,7);1H2,(H,4,5);/q;;+1/p-1. The fourth-order valence-electron chi connectivity index (χ4n) is 0. The van der Waals surface area contributed by atoms with E-state index in [1.807, 2.05) is 0 Å². The maximum absolute atomic E-state index is 9.88. The van der Waals surface area contributed by atoms with Crippen LogP contribution in [0.25, 0.3) is 0 Å². The molecule has 0 rings (SSSR count). The van der Waals surface area contributed by atoms with Crippen LogP contribution in [-0.2, 0) is 9.59 Å². The van der Waals surface area contributed by atoms with Gasteiger partial charge in [-0.3, -0.25) is 0 Å². The topological polar surface area (TPSA) is 77.4 Å². The van der Waals surface area contributed by atoms with E-state index in [0.29, 0.717) is 0 Å². The number of carbonyl (C=O) groups excluding carboxylic acids is 1. The van der Waals surface area contributed by atoms with Gasteiger partial charge in [0.1, 0.15) is 0 Å². The number of halogens is 4. The van der Waals surface area contributed by atoms with Crippen LogP contribution in [0.4, 0.5) is 0 Å². The van der Waals surface area contributed by atoms with Gasteiger partial charge in [-0.05, 0) is 47.8 Å². The number of carboxylic acid groups (broad SMARTS) is 2. The molecule has 0 fully saturated rings. The molecule has 0 spiro atoms. The van der Waals surface area contributed by atoms with E-state index in [4.69, 9.17) is 5.11 Å². The van der Waals surface area contributed by atoms with Crippen LogP contribution in [0.3, 0.4) is 0 Å². The Hall–Kier alpha value is 1.86. The minimum Gasteiger partial charge on any atom is -0.549 e. The molecule has 0 amide bonds. The van der Waals surface area contributed by atoms with Crippen molar-refractivity contribution in [1.82, 2.24) is 0 Å². The van der Waals surface area contributed by atoms with Crippen molar-refractivity contribution in [2.45, 2.75) is 2.14 Å². The van der Waals surface area contributed by atoms with Crippen molar-refractivity contribution >= 4 is 75.7 Å². The van der Waals surface area contributed by atoms with Gasteiger partial charge in [0, 0.05) is 5.33 Å². The molecule has 0 aromatic rings. The predicted molar refractivity (Wildman–Crippen MR) is 55.9 cm³/mol. The molecule has 72 valence electrons. The van der Waals surface area contributed by atoms with Crippen LogP contribution in [0.15, 0.2) is 0 Å². The normalized spacial score (nSPS) is 8.92. The Labute approximate surface area is 131 Å². The monoisotopic (exact) mass is 454 g/mol. The van der Waals surface area contributed by atoms with E-state index in [0.717, 1.165) is 0 Å². The van der Waals surface area contributed by atoms with Crippen molar-refractivity contribution < 1.29 is 49.4 Å². The number of aliphatic carboxylic acids is 2. The van der Waals surface area contributed by atoms with Crippen molar-refractivity contribution in [1.29, 1.82) is 0 Å². The fraction of sp³-hybridized carbons (Fsp3) is 0.500. The van der Waals surface area contributed by atoms with E-state index in [2.05, 4.69) is 63.7 Å². The molecule has 0 bridgehead atoms. The van der Waals surface area contributed by atoms with Gasteiger partial charge in [-0.1, -0.05) is 15.9 Å². The van der Waals surface area contributed by atoms with Crippen molar-refractivity contribution in [3.8, 4) is 0 Å². The number of hydrogen-bond acceptors (Lipinski definition) is 3. The van der Waals surface area contributed by atoms with Crippen molar-refractivity contribution in [3.63, 3.8) is 0 Å². The van der Waals surface area contributed by atoms with Gasteiger partial charge in [0.05, 0.1) is 5.97 Å². The zero-order valence-corrected chi connectivity index (χ0v) is 14.7. The largest absolute Gasteiger partial charge is 1.00 e. The maximum Gasteiger partial charge on any atom is 1.00 e. The van der Waals surface area contributed by atoms with Gasteiger partial charge in [-0.25, -0.2) is 4.79 Å². The molecule has 0 saturated heterocycles. The third-order valence-electron chi connectivity index (χ3n) is 0.352. The summed E-state index contributed by atoms with van der Waals surface area (Å²) in [4.78, 5) is 19.1. The molecule has 0 aromatic heterocycles. The SMILES string of the molecule is O=C(O)C(Br)(Br)Br.O=C([O-])CBr.[Na+]. The van der Waals surface area contributed by atoms with Gasteiger partial charge in [0.2, 0.25) is 2.14 Å². The van der Waals surface area contributed by atoms with Crippen LogP contribution >= 0.6 is 63.7 Å². The second-order valence-electron chi connectivity index (χ2n) is 1.31. The van der Waals surface area contributed by atoms with E-state index < -0.39 is 14.1 Å². The van der Waals surface area contributed by atoms with Gasteiger partial charge in [-0.15, -0.1) is 0 Å². The Morgan fingerprint density at radius 1 is 1.31 bits per heavy atom. The summed E-state index contributed by atoms with van der Waals surface area (Å²) in [6.45, 7) is 0. The van der Waals surface area contributed by atoms with Crippen LogP contribution < -0.4 is 34.7 Å². The quantitative estimate of drug-likeness (QED) is 0.367. The average Bonchev–Trinajstić information content (AvgIpc) is 1.87. The smallest absolute Gasteiger partial charge is 0.549 e. The second-order valence-corrected chi connectivity index (χ2v) is 8.63. The summed E-state index contributed by atoms with van der Waals surface area (Å²) in [6.07, 6.45) is 0. The van der Waals surface area contributed by atoms with Gasteiger partial charge in [0.15, 0.2) is 0 Å². The van der Waals surface area contributed by atoms with Crippen LogP contribution in [0.2, 0.25) is 0 Å². The maximum atomic E-state index is 9.88. The van der Waals surface area contributed by atoms with Crippen molar-refractivity contribution in [2.75, 3.05) is 5.33 Å². The van der Waals surface area contributed by atoms with E-state index >= 15 is 0 Å². The van der Waals surface area contributed by atoms with E-state index in [-0.39, 0.29) is 34.9 Å². The summed E-state index contributed by atoms with van der Waals surface area (Å²) in [5.74, 6) is -2.09. The molecule has 0 saturated carbocycles. The molecule has 1 N–H and O–H groups in total. The number of hydrogen-bond donors (Lipinski definition) is 1. The Kier molecular flexibility index (Phi) is 16.2. The second kappa shape index (κ2) is 10.4. The van der Waals surface area contributed by atoms with E-state index in [1.165, 1.54) is 0 Å². The number of rotatable bonds is 1. The minimum atomic E-state index is -1.15. The molecule has 4 nitrogen and oxygen atoms in total. The number of carbonyl (C=O) groups is 2. The zero-order valence-electron chi connectivity index (χ0n) is 6.39. The van der Waals surface area contributed by atoms with Crippen molar-refractivity contribution in [2.24, 2.45) is 0 Å². The van der Waals surface area contributed by atoms with Gasteiger partial charge >= 0.3 is 35.5 Å². The minimum absolute atomic E-state index is 0.